The lowest BCUT2D eigenvalue weighted by atomic mass is 9.83. The van der Waals surface area contributed by atoms with Gasteiger partial charge in [-0.2, -0.15) is 4.57 Å². The summed E-state index contributed by atoms with van der Waals surface area (Å²) in [5.74, 6) is 0.993. The molecule has 0 atom stereocenters. The summed E-state index contributed by atoms with van der Waals surface area (Å²) in [6.45, 7) is 3.42. The summed E-state index contributed by atoms with van der Waals surface area (Å²) in [6, 6.07) is 38.9. The van der Waals surface area contributed by atoms with Crippen molar-refractivity contribution in [2.45, 2.75) is 70.6 Å². The van der Waals surface area contributed by atoms with E-state index in [0.29, 0.717) is 13.2 Å². The second-order valence-corrected chi connectivity index (χ2v) is 10.9. The van der Waals surface area contributed by atoms with Crippen LogP contribution in [0.1, 0.15) is 68.8 Å². The molecule has 1 heterocycles. The van der Waals surface area contributed by atoms with Crippen LogP contribution in [0.2, 0.25) is 0 Å². The van der Waals surface area contributed by atoms with Crippen molar-refractivity contribution in [2.75, 3.05) is 6.61 Å². The van der Waals surface area contributed by atoms with Crippen molar-refractivity contribution in [3.8, 4) is 5.69 Å². The maximum atomic E-state index is 12.6. The lowest BCUT2D eigenvalue weighted by Gasteiger charge is -2.28. The van der Waals surface area contributed by atoms with Crippen LogP contribution in [-0.4, -0.2) is 16.3 Å². The monoisotopic (exact) mass is 547 g/mol. The number of para-hydroxylation sites is 3. The molecule has 1 N–H and O–H groups in total. The van der Waals surface area contributed by atoms with Gasteiger partial charge < -0.3 is 9.84 Å². The van der Waals surface area contributed by atoms with Crippen LogP contribution in [0.4, 0.5) is 0 Å². The van der Waals surface area contributed by atoms with Gasteiger partial charge in [0.2, 0.25) is 0 Å². The Bertz CT molecular complexity index is 1440. The third-order valence-electron chi connectivity index (χ3n) is 8.03. The van der Waals surface area contributed by atoms with Gasteiger partial charge in [-0.05, 0) is 41.8 Å². The summed E-state index contributed by atoms with van der Waals surface area (Å²) in [6.07, 6.45) is 9.19. The number of imidazole rings is 1. The number of unbranched alkanes of at least 4 members (excludes halogenated alkanes) is 6. The van der Waals surface area contributed by atoms with Crippen LogP contribution < -0.4 is 4.57 Å². The van der Waals surface area contributed by atoms with Crippen molar-refractivity contribution in [1.29, 1.82) is 0 Å². The van der Waals surface area contributed by atoms with Crippen molar-refractivity contribution in [3.05, 3.63) is 132 Å². The van der Waals surface area contributed by atoms with E-state index < -0.39 is 5.60 Å². The molecular weight excluding hydrogens is 504 g/mol. The van der Waals surface area contributed by atoms with E-state index in [9.17, 15) is 5.11 Å². The maximum Gasteiger partial charge on any atom is 0.268 e. The van der Waals surface area contributed by atoms with Crippen molar-refractivity contribution in [3.63, 3.8) is 0 Å². The highest BCUT2D eigenvalue weighted by atomic mass is 16.5. The molecule has 4 aromatic carbocycles. The number of hydrogen-bond acceptors (Lipinski definition) is 2. The van der Waals surface area contributed by atoms with E-state index in [1.807, 2.05) is 66.7 Å². The summed E-state index contributed by atoms with van der Waals surface area (Å²) in [4.78, 5) is 0. The van der Waals surface area contributed by atoms with Gasteiger partial charge in [0, 0.05) is 0 Å². The first-order chi connectivity index (χ1) is 20.2. The minimum Gasteiger partial charge on any atom is -0.380 e. The first-order valence-corrected chi connectivity index (χ1v) is 15.2. The smallest absolute Gasteiger partial charge is 0.268 e. The Kier molecular flexibility index (Phi) is 10.0. The lowest BCUT2D eigenvalue weighted by molar-refractivity contribution is -0.717. The molecule has 0 amide bonds. The molecule has 0 spiro atoms. The molecule has 1 aromatic heterocycles. The standard InChI is InChI=1S/C37H43N2O2/c1-2-3-4-5-6-7-19-28-41-30-38-34-26-17-18-27-35(34)39(33-24-15-10-16-25-33)36(38)29-37(40,31-20-11-8-12-21-31)32-22-13-9-14-23-32/h8-18,20-27,40H,2-7,19,28-30H2,1H3/q+1. The molecule has 41 heavy (non-hydrogen) atoms. The Balaban J connectivity index is 1.52. The number of benzene rings is 4. The Labute approximate surface area is 244 Å². The average Bonchev–Trinajstić information content (AvgIpc) is 3.33. The van der Waals surface area contributed by atoms with Crippen molar-refractivity contribution in [2.24, 2.45) is 0 Å². The third-order valence-corrected chi connectivity index (χ3v) is 8.03. The zero-order chi connectivity index (χ0) is 28.3. The molecule has 0 aliphatic carbocycles. The van der Waals surface area contributed by atoms with Gasteiger partial charge in [0.15, 0.2) is 17.8 Å². The summed E-state index contributed by atoms with van der Waals surface area (Å²) in [5, 5.41) is 12.6. The first-order valence-electron chi connectivity index (χ1n) is 15.2. The summed E-state index contributed by atoms with van der Waals surface area (Å²) in [7, 11) is 0. The minimum atomic E-state index is -1.23. The van der Waals surface area contributed by atoms with Crippen LogP contribution in [-0.2, 0) is 23.5 Å². The molecule has 4 nitrogen and oxygen atoms in total. The zero-order valence-corrected chi connectivity index (χ0v) is 24.3. The molecule has 0 aliphatic rings. The van der Waals surface area contributed by atoms with E-state index in [4.69, 9.17) is 4.74 Å². The van der Waals surface area contributed by atoms with Gasteiger partial charge in [-0.1, -0.05) is 136 Å². The number of aliphatic hydroxyl groups is 1. The molecular formula is C37H43N2O2+. The second-order valence-electron chi connectivity index (χ2n) is 10.9. The quantitative estimate of drug-likeness (QED) is 0.106. The first kappa shape index (κ1) is 28.8. The summed E-state index contributed by atoms with van der Waals surface area (Å²) >= 11 is 0. The molecule has 4 heteroatoms. The maximum absolute atomic E-state index is 12.6. The Morgan fingerprint density at radius 1 is 0.659 bits per heavy atom. The number of fused-ring (bicyclic) bond motifs is 1. The third kappa shape index (κ3) is 6.78. The van der Waals surface area contributed by atoms with Crippen molar-refractivity contribution in [1.82, 2.24) is 4.57 Å². The largest absolute Gasteiger partial charge is 0.380 e. The van der Waals surface area contributed by atoms with Crippen molar-refractivity contribution < 1.29 is 14.4 Å². The fourth-order valence-electron chi connectivity index (χ4n) is 5.81. The predicted molar refractivity (Wildman–Crippen MR) is 167 cm³/mol. The van der Waals surface area contributed by atoms with Gasteiger partial charge in [0.05, 0.1) is 13.0 Å². The molecule has 212 valence electrons. The Morgan fingerprint density at radius 3 is 1.83 bits per heavy atom. The van der Waals surface area contributed by atoms with E-state index in [0.717, 1.165) is 46.7 Å². The average molecular weight is 548 g/mol. The topological polar surface area (TPSA) is 38.3 Å². The second kappa shape index (κ2) is 14.2. The van der Waals surface area contributed by atoms with E-state index in [1.54, 1.807) is 0 Å². The van der Waals surface area contributed by atoms with Gasteiger partial charge in [0.25, 0.3) is 5.82 Å². The van der Waals surface area contributed by atoms with E-state index in [2.05, 4.69) is 64.6 Å². The van der Waals surface area contributed by atoms with E-state index >= 15 is 0 Å². The minimum absolute atomic E-state index is 0.380. The van der Waals surface area contributed by atoms with Gasteiger partial charge in [-0.25, -0.2) is 4.57 Å². The van der Waals surface area contributed by atoms with Gasteiger partial charge in [-0.3, -0.25) is 0 Å². The molecule has 0 saturated carbocycles. The zero-order valence-electron chi connectivity index (χ0n) is 24.3. The van der Waals surface area contributed by atoms with Gasteiger partial charge >= 0.3 is 0 Å². The highest BCUT2D eigenvalue weighted by Crippen LogP contribution is 2.34. The highest BCUT2D eigenvalue weighted by molar-refractivity contribution is 5.74. The van der Waals surface area contributed by atoms with Crippen LogP contribution in [0, 0.1) is 0 Å². The van der Waals surface area contributed by atoms with Crippen LogP contribution in [0.25, 0.3) is 16.7 Å². The molecule has 0 bridgehead atoms. The lowest BCUT2D eigenvalue weighted by Crippen LogP contribution is -2.43. The molecule has 0 fully saturated rings. The Hall–Kier alpha value is -3.73. The number of rotatable bonds is 15. The number of hydrogen-bond donors (Lipinski definition) is 1. The molecule has 0 aliphatic heterocycles. The van der Waals surface area contributed by atoms with Crippen LogP contribution >= 0.6 is 0 Å². The van der Waals surface area contributed by atoms with Crippen molar-refractivity contribution >= 4 is 11.0 Å². The van der Waals surface area contributed by atoms with Crippen LogP contribution in [0.5, 0.6) is 0 Å². The fraction of sp³-hybridized carbons (Fsp3) is 0.324. The molecule has 0 saturated heterocycles. The van der Waals surface area contributed by atoms with E-state index in [-0.39, 0.29) is 0 Å². The molecule has 5 aromatic rings. The highest BCUT2D eigenvalue weighted by Gasteiger charge is 2.39. The SMILES string of the molecule is CCCCCCCCCOC[n+]1c(CC(O)(c2ccccc2)c2ccccc2)n(-c2ccccc2)c2ccccc21. The van der Waals surface area contributed by atoms with Crippen LogP contribution in [0.3, 0.4) is 0 Å². The molecule has 5 rings (SSSR count). The normalized spacial score (nSPS) is 11.8. The van der Waals surface area contributed by atoms with E-state index in [1.165, 1.54) is 38.5 Å². The van der Waals surface area contributed by atoms with Gasteiger partial charge in [0.1, 0.15) is 11.3 Å². The number of ether oxygens (including phenoxy) is 1. The summed E-state index contributed by atoms with van der Waals surface area (Å²) < 4.78 is 10.9. The van der Waals surface area contributed by atoms with Crippen LogP contribution in [0.15, 0.2) is 115 Å². The number of nitrogens with zero attached hydrogens (tertiary/aromatic N) is 2. The number of aromatic nitrogens is 2. The molecule has 0 unspecified atom stereocenters. The predicted octanol–water partition coefficient (Wildman–Crippen LogP) is 8.12. The molecule has 0 radical (unpaired) electrons. The summed E-state index contributed by atoms with van der Waals surface area (Å²) in [5.41, 5.74) is 3.75. The van der Waals surface area contributed by atoms with Gasteiger partial charge in [-0.15, -0.1) is 0 Å². The Morgan fingerprint density at radius 2 is 1.20 bits per heavy atom. The fourth-order valence-corrected chi connectivity index (χ4v) is 5.81.